The van der Waals surface area contributed by atoms with Crippen molar-refractivity contribution in [3.63, 3.8) is 0 Å². The van der Waals surface area contributed by atoms with Gasteiger partial charge in [0.05, 0.1) is 30.6 Å². The van der Waals surface area contributed by atoms with Crippen molar-refractivity contribution < 1.29 is 14.7 Å². The van der Waals surface area contributed by atoms with Gasteiger partial charge in [0, 0.05) is 6.20 Å². The Kier molecular flexibility index (Phi) is 3.80. The van der Waals surface area contributed by atoms with Crippen molar-refractivity contribution in [2.45, 2.75) is 0 Å². The molecule has 9 heteroatoms. The Morgan fingerprint density at radius 2 is 2.30 bits per heavy atom. The first kappa shape index (κ1) is 13.3. The topological polar surface area (TPSA) is 139 Å². The lowest BCUT2D eigenvalue weighted by atomic mass is 10.2. The van der Waals surface area contributed by atoms with Gasteiger partial charge in [-0.25, -0.2) is 0 Å². The van der Waals surface area contributed by atoms with Crippen molar-refractivity contribution in [3.8, 4) is 5.75 Å². The van der Waals surface area contributed by atoms with E-state index in [9.17, 15) is 4.79 Å². The van der Waals surface area contributed by atoms with Gasteiger partial charge in [-0.05, 0) is 6.07 Å². The third-order valence-corrected chi connectivity index (χ3v) is 2.51. The summed E-state index contributed by atoms with van der Waals surface area (Å²) in [4.78, 5) is 16.0. The van der Waals surface area contributed by atoms with Crippen molar-refractivity contribution in [2.24, 2.45) is 10.9 Å². The normalized spacial score (nSPS) is 11.2. The van der Waals surface area contributed by atoms with Crippen LogP contribution in [0, 0.1) is 0 Å². The number of H-pyrrole nitrogens is 1. The summed E-state index contributed by atoms with van der Waals surface area (Å²) in [5.41, 5.74) is 6.03. The molecule has 0 atom stereocenters. The van der Waals surface area contributed by atoms with Crippen LogP contribution in [0.15, 0.2) is 29.8 Å². The number of ether oxygens (including phenoxy) is 1. The Hall–Kier alpha value is -3.10. The van der Waals surface area contributed by atoms with Gasteiger partial charge < -0.3 is 21.0 Å². The zero-order valence-corrected chi connectivity index (χ0v) is 10.5. The number of amidine groups is 1. The van der Waals surface area contributed by atoms with Crippen molar-refractivity contribution in [1.29, 1.82) is 0 Å². The molecule has 0 bridgehead atoms. The van der Waals surface area contributed by atoms with Crippen LogP contribution < -0.4 is 15.8 Å². The fraction of sp³-hybridized carbons (Fsp3) is 0.0909. The summed E-state index contributed by atoms with van der Waals surface area (Å²) in [6, 6.07) is 1.51. The molecule has 9 nitrogen and oxygen atoms in total. The average Bonchev–Trinajstić information content (AvgIpc) is 2.94. The largest absolute Gasteiger partial charge is 0.494 e. The smallest absolute Gasteiger partial charge is 0.260 e. The van der Waals surface area contributed by atoms with E-state index in [2.05, 4.69) is 25.7 Å². The monoisotopic (exact) mass is 276 g/mol. The number of hydrogen-bond acceptors (Lipinski definition) is 6. The molecule has 2 aromatic heterocycles. The highest BCUT2D eigenvalue weighted by Crippen LogP contribution is 2.18. The Morgan fingerprint density at radius 3 is 3.00 bits per heavy atom. The number of hydrogen-bond donors (Lipinski definition) is 4. The first-order valence-corrected chi connectivity index (χ1v) is 5.48. The first-order valence-electron chi connectivity index (χ1n) is 5.48. The molecule has 0 aliphatic carbocycles. The number of pyridine rings is 1. The van der Waals surface area contributed by atoms with E-state index < -0.39 is 5.91 Å². The van der Waals surface area contributed by atoms with Crippen molar-refractivity contribution in [1.82, 2.24) is 15.2 Å². The molecule has 104 valence electrons. The predicted molar refractivity (Wildman–Crippen MR) is 69.8 cm³/mol. The Bertz CT molecular complexity index is 651. The van der Waals surface area contributed by atoms with Crippen LogP contribution in [0.25, 0.3) is 0 Å². The number of rotatable bonds is 4. The van der Waals surface area contributed by atoms with Crippen LogP contribution in [0.2, 0.25) is 0 Å². The molecule has 0 aromatic carbocycles. The number of oxime groups is 1. The second-order valence-electron chi connectivity index (χ2n) is 3.67. The number of nitrogens with one attached hydrogen (secondary N) is 2. The molecule has 0 spiro atoms. The molecule has 2 rings (SSSR count). The Morgan fingerprint density at radius 1 is 1.50 bits per heavy atom. The number of carbonyl (C=O) groups is 1. The molecular weight excluding hydrogens is 264 g/mol. The van der Waals surface area contributed by atoms with E-state index in [0.29, 0.717) is 11.3 Å². The number of methoxy groups -OCH3 is 1. The van der Waals surface area contributed by atoms with Gasteiger partial charge in [0.2, 0.25) is 0 Å². The van der Waals surface area contributed by atoms with Crippen LogP contribution in [-0.2, 0) is 0 Å². The van der Waals surface area contributed by atoms with Gasteiger partial charge in [-0.3, -0.25) is 14.9 Å². The summed E-state index contributed by atoms with van der Waals surface area (Å²) in [5, 5.41) is 20.3. The molecule has 2 heterocycles. The number of aromatic nitrogens is 3. The van der Waals surface area contributed by atoms with Gasteiger partial charge in [0.1, 0.15) is 11.6 Å². The fourth-order valence-corrected chi connectivity index (χ4v) is 1.54. The molecule has 20 heavy (non-hydrogen) atoms. The molecule has 0 radical (unpaired) electrons. The zero-order valence-electron chi connectivity index (χ0n) is 10.5. The third-order valence-electron chi connectivity index (χ3n) is 2.51. The minimum absolute atomic E-state index is 0.171. The minimum Gasteiger partial charge on any atom is -0.494 e. The molecule has 2 aromatic rings. The molecule has 0 fully saturated rings. The van der Waals surface area contributed by atoms with Crippen molar-refractivity contribution in [3.05, 3.63) is 35.8 Å². The predicted octanol–water partition coefficient (Wildman–Crippen LogP) is 0.160. The average molecular weight is 276 g/mol. The summed E-state index contributed by atoms with van der Waals surface area (Å²) >= 11 is 0. The van der Waals surface area contributed by atoms with Gasteiger partial charge in [-0.2, -0.15) is 5.10 Å². The molecule has 0 unspecified atom stereocenters. The number of amides is 1. The van der Waals surface area contributed by atoms with Crippen LogP contribution in [-0.4, -0.2) is 39.2 Å². The third kappa shape index (κ3) is 2.51. The van der Waals surface area contributed by atoms with Crippen molar-refractivity contribution in [2.75, 3.05) is 12.4 Å². The number of carbonyl (C=O) groups excluding carboxylic acids is 1. The van der Waals surface area contributed by atoms with Crippen molar-refractivity contribution >= 4 is 17.6 Å². The fourth-order valence-electron chi connectivity index (χ4n) is 1.54. The number of aromatic amines is 1. The van der Waals surface area contributed by atoms with E-state index >= 15 is 0 Å². The highest BCUT2D eigenvalue weighted by Gasteiger charge is 2.16. The molecule has 0 saturated heterocycles. The molecular formula is C11H12N6O3. The lowest BCUT2D eigenvalue weighted by Gasteiger charge is -2.08. The Labute approximate surface area is 113 Å². The SMILES string of the molecule is COc1cnccc1C(=O)Nc1[nH]ncc1/C(N)=N/O. The summed E-state index contributed by atoms with van der Waals surface area (Å²) in [6.45, 7) is 0. The summed E-state index contributed by atoms with van der Waals surface area (Å²) < 4.78 is 5.05. The van der Waals surface area contributed by atoms with Crippen LogP contribution >= 0.6 is 0 Å². The minimum atomic E-state index is -0.444. The Balaban J connectivity index is 2.27. The van der Waals surface area contributed by atoms with Crippen LogP contribution in [0.1, 0.15) is 15.9 Å². The highest BCUT2D eigenvalue weighted by molar-refractivity contribution is 6.09. The van der Waals surface area contributed by atoms with E-state index in [1.54, 1.807) is 0 Å². The van der Waals surface area contributed by atoms with E-state index in [4.69, 9.17) is 15.7 Å². The van der Waals surface area contributed by atoms with Crippen LogP contribution in [0.3, 0.4) is 0 Å². The van der Waals surface area contributed by atoms with E-state index in [-0.39, 0.29) is 17.2 Å². The first-order chi connectivity index (χ1) is 9.67. The highest BCUT2D eigenvalue weighted by atomic mass is 16.5. The lowest BCUT2D eigenvalue weighted by molar-refractivity contribution is 0.102. The van der Waals surface area contributed by atoms with Gasteiger partial charge in [-0.15, -0.1) is 0 Å². The lowest BCUT2D eigenvalue weighted by Crippen LogP contribution is -2.19. The van der Waals surface area contributed by atoms with E-state index in [1.807, 2.05) is 0 Å². The number of anilines is 1. The van der Waals surface area contributed by atoms with Gasteiger partial charge in [-0.1, -0.05) is 5.16 Å². The molecule has 0 aliphatic heterocycles. The second-order valence-corrected chi connectivity index (χ2v) is 3.67. The second kappa shape index (κ2) is 5.69. The summed E-state index contributed by atoms with van der Waals surface area (Å²) in [7, 11) is 1.44. The molecule has 5 N–H and O–H groups in total. The maximum Gasteiger partial charge on any atom is 0.260 e. The van der Waals surface area contributed by atoms with Crippen LogP contribution in [0.4, 0.5) is 5.82 Å². The van der Waals surface area contributed by atoms with E-state index in [1.165, 1.54) is 31.8 Å². The van der Waals surface area contributed by atoms with Gasteiger partial charge in [0.15, 0.2) is 5.84 Å². The maximum atomic E-state index is 12.1. The number of nitrogens with two attached hydrogens (primary N) is 1. The summed E-state index contributed by atoms with van der Waals surface area (Å²) in [5.74, 6) is -0.0738. The zero-order chi connectivity index (χ0) is 14.5. The standard InChI is InChI=1S/C11H12N6O3/c1-20-8-5-13-3-2-6(8)11(18)15-10-7(4-14-16-10)9(12)17-19/h2-5,19H,1H3,(H2,12,17)(H2,14,15,16,18). The van der Waals surface area contributed by atoms with Gasteiger partial charge in [0.25, 0.3) is 5.91 Å². The van der Waals surface area contributed by atoms with E-state index in [0.717, 1.165) is 0 Å². The molecule has 0 saturated carbocycles. The summed E-state index contributed by atoms with van der Waals surface area (Å²) in [6.07, 6.45) is 4.22. The van der Waals surface area contributed by atoms with Gasteiger partial charge >= 0.3 is 0 Å². The van der Waals surface area contributed by atoms with Crippen LogP contribution in [0.5, 0.6) is 5.75 Å². The maximum absolute atomic E-state index is 12.1. The number of nitrogens with zero attached hydrogens (tertiary/aromatic N) is 3. The molecule has 0 aliphatic rings. The quantitative estimate of drug-likeness (QED) is 0.271. The molecule has 1 amide bonds.